The Hall–Kier alpha value is -0.480. The van der Waals surface area contributed by atoms with Crippen LogP contribution < -0.4 is 0 Å². The van der Waals surface area contributed by atoms with Gasteiger partial charge in [-0.25, -0.2) is 0 Å². The van der Waals surface area contributed by atoms with Crippen LogP contribution in [-0.4, -0.2) is 13.2 Å². The standard InChI is InChI=1S/C9H18O.C2H6.C2H2/c1-3-8-5-4-6-9(7-8)10-2;2*1-2/h8-9H,3-7H2,1-2H3;1-2H3;1-2H. The van der Waals surface area contributed by atoms with Crippen LogP contribution in [0.2, 0.25) is 0 Å². The molecule has 0 aromatic carbocycles. The Bertz CT molecular complexity index is 108. The third-order valence-corrected chi connectivity index (χ3v) is 2.65. The van der Waals surface area contributed by atoms with E-state index in [-0.39, 0.29) is 0 Å². The second-order valence-electron chi connectivity index (χ2n) is 3.30. The van der Waals surface area contributed by atoms with Gasteiger partial charge in [-0.3, -0.25) is 0 Å². The third-order valence-electron chi connectivity index (χ3n) is 2.65. The lowest BCUT2D eigenvalue weighted by molar-refractivity contribution is 0.0500. The van der Waals surface area contributed by atoms with Gasteiger partial charge in [-0.1, -0.05) is 40.0 Å². The van der Waals surface area contributed by atoms with Gasteiger partial charge >= 0.3 is 0 Å². The Morgan fingerprint density at radius 2 is 1.79 bits per heavy atom. The molecule has 1 fully saturated rings. The van der Waals surface area contributed by atoms with E-state index in [1.165, 1.54) is 32.1 Å². The van der Waals surface area contributed by atoms with Crippen LogP contribution in [0.15, 0.2) is 0 Å². The molecule has 2 unspecified atom stereocenters. The van der Waals surface area contributed by atoms with Crippen LogP contribution in [0.3, 0.4) is 0 Å². The lowest BCUT2D eigenvalue weighted by Crippen LogP contribution is -2.20. The van der Waals surface area contributed by atoms with E-state index >= 15 is 0 Å². The first-order valence-electron chi connectivity index (χ1n) is 5.73. The SMILES string of the molecule is C#C.CC.CCC1CCCC(OC)C1. The molecule has 0 spiro atoms. The van der Waals surface area contributed by atoms with E-state index in [0.717, 1.165) is 5.92 Å². The fraction of sp³-hybridized carbons (Fsp3) is 0.846. The van der Waals surface area contributed by atoms with Gasteiger partial charge in [-0.15, -0.1) is 12.8 Å². The zero-order valence-electron chi connectivity index (χ0n) is 10.3. The Balaban J connectivity index is 0. The monoisotopic (exact) mass is 198 g/mol. The average Bonchev–Trinajstić information content (AvgIpc) is 2.34. The lowest BCUT2D eigenvalue weighted by Gasteiger charge is -2.27. The summed E-state index contributed by atoms with van der Waals surface area (Å²) in [7, 11) is 1.84. The van der Waals surface area contributed by atoms with Crippen LogP contribution in [0.5, 0.6) is 0 Å². The fourth-order valence-electron chi connectivity index (χ4n) is 1.83. The van der Waals surface area contributed by atoms with Crippen LogP contribution in [0, 0.1) is 18.8 Å². The van der Waals surface area contributed by atoms with Gasteiger partial charge in [0.15, 0.2) is 0 Å². The maximum atomic E-state index is 5.32. The molecule has 1 heteroatoms. The summed E-state index contributed by atoms with van der Waals surface area (Å²) in [5.74, 6) is 0.943. The molecule has 1 nitrogen and oxygen atoms in total. The first-order chi connectivity index (χ1) is 6.86. The van der Waals surface area contributed by atoms with E-state index in [0.29, 0.717) is 6.10 Å². The van der Waals surface area contributed by atoms with Crippen LogP contribution in [-0.2, 0) is 4.74 Å². The minimum atomic E-state index is 0.568. The van der Waals surface area contributed by atoms with Gasteiger partial charge in [0.1, 0.15) is 0 Å². The topological polar surface area (TPSA) is 9.23 Å². The largest absolute Gasteiger partial charge is 0.381 e. The number of hydrogen-bond acceptors (Lipinski definition) is 1. The normalized spacial score (nSPS) is 25.0. The molecule has 0 N–H and O–H groups in total. The second kappa shape index (κ2) is 12.5. The quantitative estimate of drug-likeness (QED) is 0.612. The van der Waals surface area contributed by atoms with E-state index < -0.39 is 0 Å². The van der Waals surface area contributed by atoms with Crippen molar-refractivity contribution in [2.75, 3.05) is 7.11 Å². The van der Waals surface area contributed by atoms with E-state index in [2.05, 4.69) is 19.8 Å². The first-order valence-corrected chi connectivity index (χ1v) is 5.73. The van der Waals surface area contributed by atoms with Gasteiger partial charge in [0.05, 0.1) is 6.10 Å². The van der Waals surface area contributed by atoms with Crippen molar-refractivity contribution in [1.29, 1.82) is 0 Å². The Labute approximate surface area is 90.2 Å². The highest BCUT2D eigenvalue weighted by Gasteiger charge is 2.19. The molecule has 0 radical (unpaired) electrons. The minimum absolute atomic E-state index is 0.568. The summed E-state index contributed by atoms with van der Waals surface area (Å²) in [4.78, 5) is 0. The van der Waals surface area contributed by atoms with Crippen LogP contribution in [0.4, 0.5) is 0 Å². The number of hydrogen-bond donors (Lipinski definition) is 0. The van der Waals surface area contributed by atoms with E-state index in [9.17, 15) is 0 Å². The van der Waals surface area contributed by atoms with E-state index in [1.807, 2.05) is 21.0 Å². The highest BCUT2D eigenvalue weighted by molar-refractivity contribution is 4.71. The Morgan fingerprint density at radius 3 is 2.21 bits per heavy atom. The summed E-state index contributed by atoms with van der Waals surface area (Å²) in [6.07, 6.45) is 15.3. The highest BCUT2D eigenvalue weighted by Crippen LogP contribution is 2.27. The summed E-state index contributed by atoms with van der Waals surface area (Å²) in [5.41, 5.74) is 0. The second-order valence-corrected chi connectivity index (χ2v) is 3.30. The summed E-state index contributed by atoms with van der Waals surface area (Å²) < 4.78 is 5.32. The van der Waals surface area contributed by atoms with Gasteiger partial charge < -0.3 is 4.74 Å². The van der Waals surface area contributed by atoms with Crippen molar-refractivity contribution in [1.82, 2.24) is 0 Å². The van der Waals surface area contributed by atoms with Gasteiger partial charge in [0.25, 0.3) is 0 Å². The Morgan fingerprint density at radius 1 is 1.21 bits per heavy atom. The molecule has 0 amide bonds. The maximum absolute atomic E-state index is 5.32. The number of ether oxygens (including phenoxy) is 1. The van der Waals surface area contributed by atoms with Gasteiger partial charge in [0, 0.05) is 7.11 Å². The average molecular weight is 198 g/mol. The minimum Gasteiger partial charge on any atom is -0.381 e. The van der Waals surface area contributed by atoms with Gasteiger partial charge in [-0.05, 0) is 18.8 Å². The first kappa shape index (κ1) is 16.0. The summed E-state index contributed by atoms with van der Waals surface area (Å²) in [5, 5.41) is 0. The van der Waals surface area contributed by atoms with Crippen LogP contribution in [0.1, 0.15) is 52.9 Å². The van der Waals surface area contributed by atoms with Crippen molar-refractivity contribution in [2.24, 2.45) is 5.92 Å². The molecule has 0 aromatic rings. The van der Waals surface area contributed by atoms with Gasteiger partial charge in [-0.2, -0.15) is 0 Å². The maximum Gasteiger partial charge on any atom is 0.0574 e. The molecule has 1 aliphatic rings. The summed E-state index contributed by atoms with van der Waals surface area (Å²) >= 11 is 0. The molecular formula is C13H26O. The molecule has 0 saturated heterocycles. The molecule has 1 saturated carbocycles. The van der Waals surface area contributed by atoms with E-state index in [1.54, 1.807) is 0 Å². The third kappa shape index (κ3) is 6.97. The van der Waals surface area contributed by atoms with Crippen molar-refractivity contribution in [3.8, 4) is 12.8 Å². The number of methoxy groups -OCH3 is 1. The van der Waals surface area contributed by atoms with Crippen molar-refractivity contribution in [3.05, 3.63) is 0 Å². The van der Waals surface area contributed by atoms with Crippen molar-refractivity contribution in [3.63, 3.8) is 0 Å². The van der Waals surface area contributed by atoms with Crippen LogP contribution >= 0.6 is 0 Å². The highest BCUT2D eigenvalue weighted by atomic mass is 16.5. The van der Waals surface area contributed by atoms with Crippen molar-refractivity contribution < 1.29 is 4.74 Å². The zero-order valence-corrected chi connectivity index (χ0v) is 10.3. The summed E-state index contributed by atoms with van der Waals surface area (Å²) in [6.45, 7) is 6.28. The predicted molar refractivity (Wildman–Crippen MR) is 64.3 cm³/mol. The molecule has 0 bridgehead atoms. The zero-order chi connectivity index (χ0) is 11.4. The van der Waals surface area contributed by atoms with Crippen molar-refractivity contribution in [2.45, 2.75) is 59.0 Å². The molecular weight excluding hydrogens is 172 g/mol. The smallest absolute Gasteiger partial charge is 0.0574 e. The lowest BCUT2D eigenvalue weighted by atomic mass is 9.86. The number of rotatable bonds is 2. The molecule has 14 heavy (non-hydrogen) atoms. The summed E-state index contributed by atoms with van der Waals surface area (Å²) in [6, 6.07) is 0. The molecule has 0 aromatic heterocycles. The molecule has 0 aliphatic heterocycles. The Kier molecular flexibility index (Phi) is 14.3. The van der Waals surface area contributed by atoms with Crippen LogP contribution in [0.25, 0.3) is 0 Å². The molecule has 0 heterocycles. The molecule has 84 valence electrons. The number of terminal acetylenes is 1. The van der Waals surface area contributed by atoms with E-state index in [4.69, 9.17) is 4.74 Å². The van der Waals surface area contributed by atoms with Crippen molar-refractivity contribution >= 4 is 0 Å². The molecule has 1 aliphatic carbocycles. The molecule has 1 rings (SSSR count). The van der Waals surface area contributed by atoms with Gasteiger partial charge in [0.2, 0.25) is 0 Å². The predicted octanol–water partition coefficient (Wildman–Crippen LogP) is 3.88. The fourth-order valence-corrected chi connectivity index (χ4v) is 1.83. The molecule has 2 atom stereocenters.